The highest BCUT2D eigenvalue weighted by Gasteiger charge is 2.36. The van der Waals surface area contributed by atoms with E-state index in [-0.39, 0.29) is 39.4 Å². The summed E-state index contributed by atoms with van der Waals surface area (Å²) in [4.78, 5) is 38.9. The SMILES string of the molecule is COc1cc(OC)c2c(c1)C(=O)c1cc(NC(=O)OCC[Si](C)(C)C)cc(OC)c1C2=O. The van der Waals surface area contributed by atoms with Gasteiger partial charge in [0.25, 0.3) is 0 Å². The Bertz CT molecular complexity index is 1090. The van der Waals surface area contributed by atoms with E-state index < -0.39 is 25.7 Å². The van der Waals surface area contributed by atoms with Crippen LogP contribution < -0.4 is 19.5 Å². The van der Waals surface area contributed by atoms with Crippen LogP contribution in [0.5, 0.6) is 17.2 Å². The Morgan fingerprint density at radius 3 is 2.00 bits per heavy atom. The fourth-order valence-electron chi connectivity index (χ4n) is 3.42. The average Bonchev–Trinajstić information content (AvgIpc) is 2.74. The summed E-state index contributed by atoms with van der Waals surface area (Å²) in [7, 11) is 2.93. The van der Waals surface area contributed by atoms with Crippen molar-refractivity contribution in [3.05, 3.63) is 46.5 Å². The number of rotatable bonds is 7. The van der Waals surface area contributed by atoms with Gasteiger partial charge in [-0.3, -0.25) is 14.9 Å². The average molecular weight is 458 g/mol. The number of carbonyl (C=O) groups is 3. The molecule has 2 aromatic carbocycles. The molecule has 0 bridgehead atoms. The molecule has 0 radical (unpaired) electrons. The molecule has 0 fully saturated rings. The molecule has 1 aliphatic carbocycles. The van der Waals surface area contributed by atoms with E-state index in [1.54, 1.807) is 6.07 Å². The van der Waals surface area contributed by atoms with Crippen LogP contribution in [-0.4, -0.2) is 53.7 Å². The number of anilines is 1. The third-order valence-corrected chi connectivity index (χ3v) is 6.83. The van der Waals surface area contributed by atoms with Crippen LogP contribution in [0.4, 0.5) is 10.5 Å². The van der Waals surface area contributed by atoms with Gasteiger partial charge in [-0.25, -0.2) is 4.79 Å². The second-order valence-corrected chi connectivity index (χ2v) is 14.2. The summed E-state index contributed by atoms with van der Waals surface area (Å²) in [6, 6.07) is 6.82. The number of nitrogens with one attached hydrogen (secondary N) is 1. The van der Waals surface area contributed by atoms with Crippen molar-refractivity contribution in [3.63, 3.8) is 0 Å². The first-order valence-corrected chi connectivity index (χ1v) is 13.8. The molecule has 0 heterocycles. The quantitative estimate of drug-likeness (QED) is 0.526. The zero-order valence-corrected chi connectivity index (χ0v) is 20.1. The fourth-order valence-corrected chi connectivity index (χ4v) is 4.13. The van der Waals surface area contributed by atoms with Crippen LogP contribution in [0.3, 0.4) is 0 Å². The standard InChI is InChI=1S/C23H27NO7Si/c1-28-14-11-16-20(18(12-14)30-3)22(26)19-15(21(16)25)9-13(10-17(19)29-2)24-23(27)31-7-8-32(4,5)6/h9-12H,7-8H2,1-6H3,(H,24,27). The Balaban J connectivity index is 1.98. The van der Waals surface area contributed by atoms with Crippen LogP contribution in [0.25, 0.3) is 0 Å². The van der Waals surface area contributed by atoms with Gasteiger partial charge in [-0.15, -0.1) is 0 Å². The van der Waals surface area contributed by atoms with E-state index in [0.29, 0.717) is 12.4 Å². The molecule has 0 atom stereocenters. The van der Waals surface area contributed by atoms with Crippen LogP contribution in [0.2, 0.25) is 25.7 Å². The van der Waals surface area contributed by atoms with Gasteiger partial charge in [0.15, 0.2) is 5.78 Å². The number of hydrogen-bond donors (Lipinski definition) is 1. The highest BCUT2D eigenvalue weighted by molar-refractivity contribution is 6.76. The lowest BCUT2D eigenvalue weighted by atomic mass is 9.82. The van der Waals surface area contributed by atoms with Crippen LogP contribution in [0.1, 0.15) is 31.8 Å². The first-order valence-electron chi connectivity index (χ1n) is 10.1. The first kappa shape index (κ1) is 23.3. The molecule has 32 heavy (non-hydrogen) atoms. The third kappa shape index (κ3) is 4.62. The molecule has 1 aliphatic rings. The number of benzene rings is 2. The number of ether oxygens (including phenoxy) is 4. The van der Waals surface area contributed by atoms with Crippen molar-refractivity contribution in [2.75, 3.05) is 33.3 Å². The third-order valence-electron chi connectivity index (χ3n) is 5.13. The van der Waals surface area contributed by atoms with E-state index in [1.807, 2.05) is 0 Å². The molecule has 8 nitrogen and oxygen atoms in total. The van der Waals surface area contributed by atoms with Crippen LogP contribution >= 0.6 is 0 Å². The zero-order chi connectivity index (χ0) is 23.6. The van der Waals surface area contributed by atoms with Crippen molar-refractivity contribution in [2.24, 2.45) is 0 Å². The van der Waals surface area contributed by atoms with Gasteiger partial charge in [-0.2, -0.15) is 0 Å². The van der Waals surface area contributed by atoms with Gasteiger partial charge in [-0.1, -0.05) is 19.6 Å². The Morgan fingerprint density at radius 2 is 1.44 bits per heavy atom. The van der Waals surface area contributed by atoms with Gasteiger partial charge >= 0.3 is 6.09 Å². The molecule has 9 heteroatoms. The molecular weight excluding hydrogens is 430 g/mol. The van der Waals surface area contributed by atoms with Gasteiger partial charge in [-0.05, 0) is 18.2 Å². The van der Waals surface area contributed by atoms with Crippen molar-refractivity contribution < 1.29 is 33.3 Å². The minimum absolute atomic E-state index is 0.117. The Labute approximate surface area is 187 Å². The van der Waals surface area contributed by atoms with E-state index in [0.717, 1.165) is 6.04 Å². The topological polar surface area (TPSA) is 100 Å². The van der Waals surface area contributed by atoms with Crippen molar-refractivity contribution >= 4 is 31.4 Å². The number of methoxy groups -OCH3 is 3. The number of carbonyl (C=O) groups excluding carboxylic acids is 3. The monoisotopic (exact) mass is 457 g/mol. The molecule has 2 aromatic rings. The maximum Gasteiger partial charge on any atom is 0.411 e. The molecule has 0 aliphatic heterocycles. The minimum Gasteiger partial charge on any atom is -0.497 e. The van der Waals surface area contributed by atoms with E-state index in [4.69, 9.17) is 18.9 Å². The van der Waals surface area contributed by atoms with Crippen molar-refractivity contribution in [1.29, 1.82) is 0 Å². The first-order chi connectivity index (χ1) is 15.1. The Hall–Kier alpha value is -3.33. The van der Waals surface area contributed by atoms with E-state index >= 15 is 0 Å². The van der Waals surface area contributed by atoms with Crippen LogP contribution in [-0.2, 0) is 4.74 Å². The van der Waals surface area contributed by atoms with Crippen molar-refractivity contribution in [3.8, 4) is 17.2 Å². The summed E-state index contributed by atoms with van der Waals surface area (Å²) < 4.78 is 21.2. The predicted molar refractivity (Wildman–Crippen MR) is 123 cm³/mol. The van der Waals surface area contributed by atoms with Gasteiger partial charge in [0.05, 0.1) is 39.1 Å². The van der Waals surface area contributed by atoms with Crippen molar-refractivity contribution in [1.82, 2.24) is 0 Å². The fraction of sp³-hybridized carbons (Fsp3) is 0.348. The second kappa shape index (κ2) is 9.03. The molecular formula is C23H27NO7Si. The summed E-state index contributed by atoms with van der Waals surface area (Å²) in [6.45, 7) is 6.88. The molecule has 0 unspecified atom stereocenters. The maximum absolute atomic E-state index is 13.3. The second-order valence-electron chi connectivity index (χ2n) is 8.58. The maximum atomic E-state index is 13.3. The molecule has 1 amide bonds. The number of ketones is 2. The van der Waals surface area contributed by atoms with Crippen LogP contribution in [0, 0.1) is 0 Å². The number of fused-ring (bicyclic) bond motifs is 2. The van der Waals surface area contributed by atoms with Crippen molar-refractivity contribution in [2.45, 2.75) is 25.7 Å². The zero-order valence-electron chi connectivity index (χ0n) is 19.1. The molecule has 0 saturated carbocycles. The summed E-state index contributed by atoms with van der Waals surface area (Å²) in [5, 5.41) is 2.62. The molecule has 0 aromatic heterocycles. The molecule has 3 rings (SSSR count). The van der Waals surface area contributed by atoms with E-state index in [2.05, 4.69) is 25.0 Å². The number of hydrogen-bond acceptors (Lipinski definition) is 7. The van der Waals surface area contributed by atoms with Gasteiger partial charge in [0.2, 0.25) is 5.78 Å². The Morgan fingerprint density at radius 1 is 0.844 bits per heavy atom. The van der Waals surface area contributed by atoms with Gasteiger partial charge < -0.3 is 18.9 Å². The summed E-state index contributed by atoms with van der Waals surface area (Å²) in [5.41, 5.74) is 0.838. The normalized spacial score (nSPS) is 12.6. The van der Waals surface area contributed by atoms with Gasteiger partial charge in [0, 0.05) is 37.0 Å². The molecule has 0 saturated heterocycles. The smallest absolute Gasteiger partial charge is 0.411 e. The van der Waals surface area contributed by atoms with E-state index in [9.17, 15) is 14.4 Å². The van der Waals surface area contributed by atoms with Gasteiger partial charge in [0.1, 0.15) is 17.2 Å². The Kier molecular flexibility index (Phi) is 6.59. The number of amides is 1. The van der Waals surface area contributed by atoms with Crippen LogP contribution in [0.15, 0.2) is 24.3 Å². The summed E-state index contributed by atoms with van der Waals surface area (Å²) >= 11 is 0. The van der Waals surface area contributed by atoms with E-state index in [1.165, 1.54) is 39.5 Å². The highest BCUT2D eigenvalue weighted by Crippen LogP contribution is 2.40. The molecule has 0 spiro atoms. The molecule has 170 valence electrons. The largest absolute Gasteiger partial charge is 0.497 e. The minimum atomic E-state index is -1.34. The highest BCUT2D eigenvalue weighted by atomic mass is 28.3. The lowest BCUT2D eigenvalue weighted by Gasteiger charge is -2.23. The summed E-state index contributed by atoms with van der Waals surface area (Å²) in [6.07, 6.45) is -0.636. The molecule has 1 N–H and O–H groups in total. The lowest BCUT2D eigenvalue weighted by Crippen LogP contribution is -2.25. The predicted octanol–water partition coefficient (Wildman–Crippen LogP) is 4.37. The lowest BCUT2D eigenvalue weighted by molar-refractivity contribution is 0.0973. The summed E-state index contributed by atoms with van der Waals surface area (Å²) in [5.74, 6) is -0.0196.